The predicted molar refractivity (Wildman–Crippen MR) is 62.1 cm³/mol. The molecule has 0 aromatic carbocycles. The van der Waals surface area contributed by atoms with E-state index in [2.05, 4.69) is 17.1 Å². The fraction of sp³-hybridized carbons (Fsp3) is 1.00. The van der Waals surface area contributed by atoms with Crippen molar-refractivity contribution in [3.8, 4) is 0 Å². The number of ether oxygens (including phenoxy) is 1. The van der Waals surface area contributed by atoms with Crippen LogP contribution in [0.4, 0.5) is 0 Å². The van der Waals surface area contributed by atoms with Gasteiger partial charge < -0.3 is 10.1 Å². The monoisotopic (exact) mass is 212 g/mol. The summed E-state index contributed by atoms with van der Waals surface area (Å²) < 4.78 is 5.69. The molecule has 0 saturated carbocycles. The summed E-state index contributed by atoms with van der Waals surface area (Å²) in [5, 5.41) is 3.55. The second-order valence-corrected chi connectivity index (χ2v) is 4.88. The summed E-state index contributed by atoms with van der Waals surface area (Å²) >= 11 is 0. The van der Waals surface area contributed by atoms with Crippen LogP contribution in [-0.2, 0) is 4.74 Å². The molecule has 2 unspecified atom stereocenters. The number of nitrogens with zero attached hydrogens (tertiary/aromatic N) is 1. The van der Waals surface area contributed by atoms with Gasteiger partial charge in [0.15, 0.2) is 0 Å². The van der Waals surface area contributed by atoms with E-state index in [0.29, 0.717) is 6.10 Å². The zero-order chi connectivity index (χ0) is 10.5. The van der Waals surface area contributed by atoms with Gasteiger partial charge in [-0.1, -0.05) is 6.42 Å². The Morgan fingerprint density at radius 1 is 1.27 bits per heavy atom. The molecule has 2 atom stereocenters. The summed E-state index contributed by atoms with van der Waals surface area (Å²) in [5.41, 5.74) is 0. The first-order chi connectivity index (χ1) is 7.36. The number of nitrogens with one attached hydrogen (secondary N) is 1. The zero-order valence-electron chi connectivity index (χ0n) is 9.87. The van der Waals surface area contributed by atoms with E-state index in [-0.39, 0.29) is 0 Å². The molecule has 1 N–H and O–H groups in total. The molecule has 0 spiro atoms. The minimum Gasteiger partial charge on any atom is -0.377 e. The Bertz CT molecular complexity index is 178. The van der Waals surface area contributed by atoms with Crippen LogP contribution in [0.5, 0.6) is 0 Å². The van der Waals surface area contributed by atoms with Crippen LogP contribution in [0.2, 0.25) is 0 Å². The van der Waals surface area contributed by atoms with Crippen LogP contribution in [0.1, 0.15) is 32.6 Å². The van der Waals surface area contributed by atoms with Crippen LogP contribution in [0.25, 0.3) is 0 Å². The highest BCUT2D eigenvalue weighted by molar-refractivity contribution is 4.79. The molecule has 2 aliphatic heterocycles. The third-order valence-corrected chi connectivity index (χ3v) is 3.52. The average molecular weight is 212 g/mol. The van der Waals surface area contributed by atoms with Crippen LogP contribution < -0.4 is 5.32 Å². The normalized spacial score (nSPS) is 35.8. The van der Waals surface area contributed by atoms with E-state index in [4.69, 9.17) is 4.74 Å². The molecule has 3 nitrogen and oxygen atoms in total. The molecule has 15 heavy (non-hydrogen) atoms. The zero-order valence-corrected chi connectivity index (χ0v) is 9.87. The average Bonchev–Trinajstić information content (AvgIpc) is 2.59. The molecule has 2 rings (SSSR count). The molecular formula is C12H24N2O. The molecule has 2 fully saturated rings. The van der Waals surface area contributed by atoms with Gasteiger partial charge in [0.25, 0.3) is 0 Å². The van der Waals surface area contributed by atoms with Gasteiger partial charge in [0.1, 0.15) is 0 Å². The first-order valence-corrected chi connectivity index (χ1v) is 6.42. The minimum atomic E-state index is 0.413. The quantitative estimate of drug-likeness (QED) is 0.708. The first kappa shape index (κ1) is 11.4. The Kier molecular flexibility index (Phi) is 4.42. The van der Waals surface area contributed by atoms with Crippen molar-refractivity contribution < 1.29 is 4.74 Å². The Balaban J connectivity index is 1.88. The van der Waals surface area contributed by atoms with Gasteiger partial charge in [-0.15, -0.1) is 0 Å². The van der Waals surface area contributed by atoms with E-state index in [9.17, 15) is 0 Å². The van der Waals surface area contributed by atoms with Crippen molar-refractivity contribution in [1.29, 1.82) is 0 Å². The summed E-state index contributed by atoms with van der Waals surface area (Å²) in [6, 6.07) is 0.747. The van der Waals surface area contributed by atoms with Crippen molar-refractivity contribution in [1.82, 2.24) is 10.2 Å². The summed E-state index contributed by atoms with van der Waals surface area (Å²) in [6.07, 6.45) is 5.69. The molecule has 2 heterocycles. The molecule has 88 valence electrons. The lowest BCUT2D eigenvalue weighted by atomic mass is 10.1. The summed E-state index contributed by atoms with van der Waals surface area (Å²) in [4.78, 5) is 2.63. The van der Waals surface area contributed by atoms with Crippen LogP contribution in [0.15, 0.2) is 0 Å². The van der Waals surface area contributed by atoms with Crippen molar-refractivity contribution in [3.05, 3.63) is 0 Å². The highest BCUT2D eigenvalue weighted by atomic mass is 16.5. The lowest BCUT2D eigenvalue weighted by Gasteiger charge is -2.30. The van der Waals surface area contributed by atoms with E-state index >= 15 is 0 Å². The van der Waals surface area contributed by atoms with Crippen LogP contribution in [0, 0.1) is 0 Å². The molecular weight excluding hydrogens is 188 g/mol. The summed E-state index contributed by atoms with van der Waals surface area (Å²) in [5.74, 6) is 0. The van der Waals surface area contributed by atoms with Crippen molar-refractivity contribution in [2.75, 3.05) is 32.8 Å². The van der Waals surface area contributed by atoms with Crippen molar-refractivity contribution in [2.45, 2.75) is 44.8 Å². The van der Waals surface area contributed by atoms with Crippen LogP contribution >= 0.6 is 0 Å². The third-order valence-electron chi connectivity index (χ3n) is 3.52. The van der Waals surface area contributed by atoms with Crippen molar-refractivity contribution >= 4 is 0 Å². The second-order valence-electron chi connectivity index (χ2n) is 4.88. The number of rotatable bonds is 1. The van der Waals surface area contributed by atoms with E-state index in [1.807, 2.05) is 0 Å². The van der Waals surface area contributed by atoms with Gasteiger partial charge in [-0.05, 0) is 32.7 Å². The Morgan fingerprint density at radius 3 is 3.13 bits per heavy atom. The lowest BCUT2D eigenvalue weighted by Crippen LogP contribution is -2.44. The van der Waals surface area contributed by atoms with E-state index in [1.54, 1.807) is 0 Å². The molecule has 2 saturated heterocycles. The van der Waals surface area contributed by atoms with Gasteiger partial charge in [-0.2, -0.15) is 0 Å². The Labute approximate surface area is 93.2 Å². The van der Waals surface area contributed by atoms with Gasteiger partial charge in [0.05, 0.1) is 6.10 Å². The topological polar surface area (TPSA) is 24.5 Å². The Hall–Kier alpha value is -0.120. The fourth-order valence-electron chi connectivity index (χ4n) is 2.67. The van der Waals surface area contributed by atoms with Crippen LogP contribution in [0.3, 0.4) is 0 Å². The van der Waals surface area contributed by atoms with Gasteiger partial charge in [0.2, 0.25) is 0 Å². The number of hydrogen-bond acceptors (Lipinski definition) is 3. The predicted octanol–water partition coefficient (Wildman–Crippen LogP) is 1.24. The molecule has 0 radical (unpaired) electrons. The largest absolute Gasteiger partial charge is 0.377 e. The van der Waals surface area contributed by atoms with Gasteiger partial charge in [-0.25, -0.2) is 0 Å². The molecule has 0 aromatic heterocycles. The lowest BCUT2D eigenvalue weighted by molar-refractivity contribution is 0.0601. The maximum atomic E-state index is 5.69. The third kappa shape index (κ3) is 3.44. The molecule has 3 heteroatoms. The van der Waals surface area contributed by atoms with E-state index in [1.165, 1.54) is 45.3 Å². The van der Waals surface area contributed by atoms with Gasteiger partial charge in [0, 0.05) is 32.3 Å². The molecule has 2 aliphatic rings. The second kappa shape index (κ2) is 5.83. The molecule has 0 aromatic rings. The van der Waals surface area contributed by atoms with Gasteiger partial charge in [-0.3, -0.25) is 4.90 Å². The van der Waals surface area contributed by atoms with E-state index < -0.39 is 0 Å². The minimum absolute atomic E-state index is 0.413. The number of hydrogen-bond donors (Lipinski definition) is 1. The SMILES string of the molecule is CC1CN(C2CCCCNC2)CCCO1. The van der Waals surface area contributed by atoms with Gasteiger partial charge >= 0.3 is 0 Å². The van der Waals surface area contributed by atoms with Crippen molar-refractivity contribution in [2.24, 2.45) is 0 Å². The highest BCUT2D eigenvalue weighted by Crippen LogP contribution is 2.15. The fourth-order valence-corrected chi connectivity index (χ4v) is 2.67. The standard InChI is InChI=1S/C12H24N2O/c1-11-10-14(7-4-8-15-11)12-5-2-3-6-13-9-12/h11-13H,2-10H2,1H3. The smallest absolute Gasteiger partial charge is 0.0674 e. The maximum Gasteiger partial charge on any atom is 0.0674 e. The van der Waals surface area contributed by atoms with E-state index in [0.717, 1.165) is 19.2 Å². The molecule has 0 aliphatic carbocycles. The first-order valence-electron chi connectivity index (χ1n) is 6.42. The summed E-state index contributed by atoms with van der Waals surface area (Å²) in [7, 11) is 0. The van der Waals surface area contributed by atoms with Crippen molar-refractivity contribution in [3.63, 3.8) is 0 Å². The molecule has 0 amide bonds. The summed E-state index contributed by atoms with van der Waals surface area (Å²) in [6.45, 7) is 7.85. The van der Waals surface area contributed by atoms with Crippen LogP contribution in [-0.4, -0.2) is 49.8 Å². The molecule has 0 bridgehead atoms. The Morgan fingerprint density at radius 2 is 2.20 bits per heavy atom. The highest BCUT2D eigenvalue weighted by Gasteiger charge is 2.23. The maximum absolute atomic E-state index is 5.69.